The number of phenolic OH excluding ortho intramolecular Hbond substituents is 1. The van der Waals surface area contributed by atoms with Crippen LogP contribution in [0.4, 0.5) is 0 Å². The Hall–Kier alpha value is -2.51. The van der Waals surface area contributed by atoms with Crippen molar-refractivity contribution in [2.45, 2.75) is 25.3 Å². The van der Waals surface area contributed by atoms with Gasteiger partial charge >= 0.3 is 10.1 Å². The summed E-state index contributed by atoms with van der Waals surface area (Å²) in [7, 11) is -4.02. The van der Waals surface area contributed by atoms with E-state index in [0.717, 1.165) is 11.1 Å². The van der Waals surface area contributed by atoms with E-state index in [-0.39, 0.29) is 33.2 Å². The van der Waals surface area contributed by atoms with Crippen molar-refractivity contribution in [1.82, 2.24) is 0 Å². The van der Waals surface area contributed by atoms with Crippen LogP contribution in [-0.2, 0) is 16.7 Å². The fourth-order valence-electron chi connectivity index (χ4n) is 2.55. The zero-order valence-electron chi connectivity index (χ0n) is 15.3. The fourth-order valence-corrected chi connectivity index (χ4v) is 3.92. The molecule has 0 spiro atoms. The first kappa shape index (κ1) is 20.2. The Morgan fingerprint density at radius 1 is 1.00 bits per heavy atom. The number of aromatic hydroxyl groups is 1. The van der Waals surface area contributed by atoms with Gasteiger partial charge in [0.1, 0.15) is 11.5 Å². The topological polar surface area (TPSA) is 72.8 Å². The number of hydrogen-bond donors (Lipinski definition) is 1. The summed E-state index contributed by atoms with van der Waals surface area (Å²) >= 11 is 3.23. The van der Waals surface area contributed by atoms with Crippen molar-refractivity contribution in [2.75, 3.05) is 0 Å². The van der Waals surface area contributed by atoms with Gasteiger partial charge in [-0.1, -0.05) is 48.0 Å². The highest BCUT2D eigenvalue weighted by atomic mass is 79.9. The molecule has 3 rings (SSSR count). The van der Waals surface area contributed by atoms with Crippen LogP contribution in [0.2, 0.25) is 0 Å². The lowest BCUT2D eigenvalue weighted by atomic mass is 10.2. The first-order chi connectivity index (χ1) is 13.3. The molecule has 0 heterocycles. The monoisotopic (exact) mass is 462 g/mol. The van der Waals surface area contributed by atoms with E-state index >= 15 is 0 Å². The first-order valence-corrected chi connectivity index (χ1v) is 10.7. The van der Waals surface area contributed by atoms with Crippen molar-refractivity contribution in [3.63, 3.8) is 0 Å². The third-order valence-electron chi connectivity index (χ3n) is 4.14. The highest BCUT2D eigenvalue weighted by Gasteiger charge is 2.22. The van der Waals surface area contributed by atoms with Crippen LogP contribution in [0.1, 0.15) is 16.7 Å². The standard InChI is InChI=1S/C21H19BrO5S/c1-14-8-10-17(11-9-14)28(24,25)27-19-12-18(22)20(23)21(15(19)2)26-13-16-6-4-3-5-7-16/h3-12,23H,13H2,1-2H3. The molecule has 0 aliphatic carbocycles. The van der Waals surface area contributed by atoms with E-state index < -0.39 is 10.1 Å². The van der Waals surface area contributed by atoms with Gasteiger partial charge < -0.3 is 14.0 Å². The average molecular weight is 463 g/mol. The van der Waals surface area contributed by atoms with E-state index in [1.807, 2.05) is 37.3 Å². The van der Waals surface area contributed by atoms with E-state index in [9.17, 15) is 13.5 Å². The van der Waals surface area contributed by atoms with Gasteiger partial charge in [-0.25, -0.2) is 0 Å². The van der Waals surface area contributed by atoms with Crippen molar-refractivity contribution < 1.29 is 22.4 Å². The normalized spacial score (nSPS) is 11.2. The summed E-state index contributed by atoms with van der Waals surface area (Å²) in [5.74, 6) is 0.120. The van der Waals surface area contributed by atoms with Gasteiger partial charge in [0.05, 0.1) is 4.47 Å². The van der Waals surface area contributed by atoms with Gasteiger partial charge in [0.2, 0.25) is 0 Å². The Balaban J connectivity index is 1.91. The lowest BCUT2D eigenvalue weighted by Crippen LogP contribution is -2.11. The first-order valence-electron chi connectivity index (χ1n) is 8.48. The molecule has 3 aromatic carbocycles. The second-order valence-electron chi connectivity index (χ2n) is 6.28. The minimum Gasteiger partial charge on any atom is -0.503 e. The third kappa shape index (κ3) is 4.48. The molecule has 0 aromatic heterocycles. The quantitative estimate of drug-likeness (QED) is 0.514. The van der Waals surface area contributed by atoms with Crippen LogP contribution in [0.25, 0.3) is 0 Å². The molecule has 5 nitrogen and oxygen atoms in total. The van der Waals surface area contributed by atoms with Gasteiger partial charge in [0, 0.05) is 11.6 Å². The molecular weight excluding hydrogens is 444 g/mol. The number of hydrogen-bond acceptors (Lipinski definition) is 5. The molecule has 0 unspecified atom stereocenters. The number of phenols is 1. The summed E-state index contributed by atoms with van der Waals surface area (Å²) < 4.78 is 36.6. The molecular formula is C21H19BrO5S. The summed E-state index contributed by atoms with van der Waals surface area (Å²) in [6, 6.07) is 17.2. The Bertz CT molecular complexity index is 1080. The molecule has 0 aliphatic heterocycles. The van der Waals surface area contributed by atoms with Gasteiger partial charge in [0.25, 0.3) is 0 Å². The summed E-state index contributed by atoms with van der Waals surface area (Å²) in [5, 5.41) is 10.3. The predicted octanol–water partition coefficient (Wildman–Crippen LogP) is 5.12. The van der Waals surface area contributed by atoms with E-state index in [0.29, 0.717) is 5.56 Å². The van der Waals surface area contributed by atoms with Crippen molar-refractivity contribution in [2.24, 2.45) is 0 Å². The number of aryl methyl sites for hydroxylation is 1. The summed E-state index contributed by atoms with van der Waals surface area (Å²) in [6.07, 6.45) is 0. The lowest BCUT2D eigenvalue weighted by molar-refractivity contribution is 0.285. The van der Waals surface area contributed by atoms with Gasteiger partial charge in [-0.05, 0) is 47.5 Å². The Kier molecular flexibility index (Phi) is 5.96. The lowest BCUT2D eigenvalue weighted by Gasteiger charge is -2.16. The SMILES string of the molecule is Cc1ccc(S(=O)(=O)Oc2cc(Br)c(O)c(OCc3ccccc3)c2C)cc1. The number of rotatable bonds is 6. The Morgan fingerprint density at radius 3 is 2.29 bits per heavy atom. The number of ether oxygens (including phenoxy) is 1. The number of benzene rings is 3. The average Bonchev–Trinajstić information content (AvgIpc) is 2.67. The van der Waals surface area contributed by atoms with Gasteiger partial charge in [-0.15, -0.1) is 0 Å². The molecule has 0 bridgehead atoms. The van der Waals surface area contributed by atoms with E-state index in [2.05, 4.69) is 15.9 Å². The van der Waals surface area contributed by atoms with Crippen molar-refractivity contribution in [3.8, 4) is 17.2 Å². The minimum atomic E-state index is -4.02. The summed E-state index contributed by atoms with van der Waals surface area (Å²) in [6.45, 7) is 3.72. The van der Waals surface area contributed by atoms with Crippen LogP contribution in [-0.4, -0.2) is 13.5 Å². The van der Waals surface area contributed by atoms with Crippen LogP contribution >= 0.6 is 15.9 Å². The van der Waals surface area contributed by atoms with Gasteiger partial charge in [-0.3, -0.25) is 0 Å². The zero-order valence-corrected chi connectivity index (χ0v) is 17.7. The van der Waals surface area contributed by atoms with Crippen LogP contribution in [0.3, 0.4) is 0 Å². The predicted molar refractivity (Wildman–Crippen MR) is 110 cm³/mol. The van der Waals surface area contributed by atoms with Crippen molar-refractivity contribution >= 4 is 26.0 Å². The molecule has 0 saturated heterocycles. The molecule has 0 radical (unpaired) electrons. The maximum absolute atomic E-state index is 12.6. The molecule has 0 atom stereocenters. The van der Waals surface area contributed by atoms with Crippen LogP contribution < -0.4 is 8.92 Å². The fraction of sp³-hybridized carbons (Fsp3) is 0.143. The highest BCUT2D eigenvalue weighted by Crippen LogP contribution is 2.43. The van der Waals surface area contributed by atoms with Gasteiger partial charge in [-0.2, -0.15) is 8.42 Å². The van der Waals surface area contributed by atoms with Crippen LogP contribution in [0, 0.1) is 13.8 Å². The maximum atomic E-state index is 12.6. The zero-order chi connectivity index (χ0) is 20.3. The third-order valence-corrected chi connectivity index (χ3v) is 6.00. The van der Waals surface area contributed by atoms with E-state index in [1.165, 1.54) is 18.2 Å². The maximum Gasteiger partial charge on any atom is 0.339 e. The van der Waals surface area contributed by atoms with Crippen LogP contribution in [0.15, 0.2) is 70.0 Å². The Labute approximate surface area is 172 Å². The summed E-state index contributed by atoms with van der Waals surface area (Å²) in [5.41, 5.74) is 2.24. The van der Waals surface area contributed by atoms with Crippen molar-refractivity contribution in [1.29, 1.82) is 0 Å². The molecule has 146 valence electrons. The van der Waals surface area contributed by atoms with Crippen LogP contribution in [0.5, 0.6) is 17.2 Å². The molecule has 3 aromatic rings. The molecule has 0 aliphatic rings. The molecule has 0 amide bonds. The molecule has 0 saturated carbocycles. The molecule has 28 heavy (non-hydrogen) atoms. The minimum absolute atomic E-state index is 0.0495. The molecule has 7 heteroatoms. The highest BCUT2D eigenvalue weighted by molar-refractivity contribution is 9.10. The van der Waals surface area contributed by atoms with E-state index in [4.69, 9.17) is 8.92 Å². The Morgan fingerprint density at radius 2 is 1.64 bits per heavy atom. The summed E-state index contributed by atoms with van der Waals surface area (Å²) in [4.78, 5) is 0.0495. The second kappa shape index (κ2) is 8.24. The second-order valence-corrected chi connectivity index (χ2v) is 8.68. The largest absolute Gasteiger partial charge is 0.503 e. The smallest absolute Gasteiger partial charge is 0.339 e. The van der Waals surface area contributed by atoms with Gasteiger partial charge in [0.15, 0.2) is 17.2 Å². The van der Waals surface area contributed by atoms with Crippen molar-refractivity contribution in [3.05, 3.63) is 81.8 Å². The molecule has 0 fully saturated rings. The van der Waals surface area contributed by atoms with E-state index in [1.54, 1.807) is 19.1 Å². The number of halogens is 1. The molecule has 1 N–H and O–H groups in total.